The Bertz CT molecular complexity index is 977. The highest BCUT2D eigenvalue weighted by molar-refractivity contribution is 7.89. The number of halogens is 2. The van der Waals surface area contributed by atoms with Gasteiger partial charge in [0.2, 0.25) is 15.8 Å². The normalized spacial score (nSPS) is 15.5. The number of benzene rings is 2. The molecule has 144 valence electrons. The predicted molar refractivity (Wildman–Crippen MR) is 99.2 cm³/mol. The van der Waals surface area contributed by atoms with Crippen molar-refractivity contribution in [3.63, 3.8) is 0 Å². The minimum Gasteiger partial charge on any atom is -0.449 e. The molecule has 8 nitrogen and oxygen atoms in total. The molecule has 1 saturated heterocycles. The van der Waals surface area contributed by atoms with Gasteiger partial charge < -0.3 is 9.47 Å². The Kier molecular flexibility index (Phi) is 5.87. The first-order chi connectivity index (χ1) is 12.8. The molecule has 0 saturated carbocycles. The lowest BCUT2D eigenvalue weighted by molar-refractivity contribution is -0.385. The quantitative estimate of drug-likeness (QED) is 0.527. The Labute approximate surface area is 165 Å². The number of nitro groups is 1. The highest BCUT2D eigenvalue weighted by Crippen LogP contribution is 2.37. The van der Waals surface area contributed by atoms with Crippen LogP contribution in [-0.2, 0) is 14.8 Å². The summed E-state index contributed by atoms with van der Waals surface area (Å²) in [7, 11) is -3.87. The van der Waals surface area contributed by atoms with E-state index < -0.39 is 20.6 Å². The van der Waals surface area contributed by atoms with Gasteiger partial charge in [-0.15, -0.1) is 0 Å². The third-order valence-corrected chi connectivity index (χ3v) is 6.27. The van der Waals surface area contributed by atoms with Gasteiger partial charge in [0.15, 0.2) is 0 Å². The molecule has 2 aromatic carbocycles. The molecule has 27 heavy (non-hydrogen) atoms. The van der Waals surface area contributed by atoms with Gasteiger partial charge in [-0.1, -0.05) is 23.2 Å². The monoisotopic (exact) mass is 432 g/mol. The summed E-state index contributed by atoms with van der Waals surface area (Å²) >= 11 is 11.8. The SMILES string of the molecule is O=[N+]([O-])c1cc(S(=O)(=O)N2CCOCC2)ccc1Oc1ccc(Cl)cc1Cl. The van der Waals surface area contributed by atoms with E-state index in [-0.39, 0.29) is 47.7 Å². The van der Waals surface area contributed by atoms with Crippen LogP contribution in [0.1, 0.15) is 0 Å². The lowest BCUT2D eigenvalue weighted by Crippen LogP contribution is -2.40. The van der Waals surface area contributed by atoms with Crippen molar-refractivity contribution in [2.75, 3.05) is 26.3 Å². The number of hydrogen-bond donors (Lipinski definition) is 0. The summed E-state index contributed by atoms with van der Waals surface area (Å²) in [6.45, 7) is 0.929. The molecule has 0 bridgehead atoms. The number of nitrogens with zero attached hydrogens (tertiary/aromatic N) is 2. The van der Waals surface area contributed by atoms with Crippen molar-refractivity contribution >= 4 is 38.9 Å². The van der Waals surface area contributed by atoms with Gasteiger partial charge in [-0.3, -0.25) is 10.1 Å². The van der Waals surface area contributed by atoms with Crippen molar-refractivity contribution < 1.29 is 22.8 Å². The maximum Gasteiger partial charge on any atom is 0.312 e. The van der Waals surface area contributed by atoms with Crippen molar-refractivity contribution in [3.05, 3.63) is 56.6 Å². The fraction of sp³-hybridized carbons (Fsp3) is 0.250. The summed E-state index contributed by atoms with van der Waals surface area (Å²) in [6, 6.07) is 7.89. The summed E-state index contributed by atoms with van der Waals surface area (Å²) < 4.78 is 37.3. The van der Waals surface area contributed by atoms with Crippen molar-refractivity contribution in [1.82, 2.24) is 4.31 Å². The molecule has 0 aromatic heterocycles. The number of sulfonamides is 1. The molecule has 3 rings (SSSR count). The molecule has 1 fully saturated rings. The molecule has 0 radical (unpaired) electrons. The van der Waals surface area contributed by atoms with Crippen LogP contribution < -0.4 is 4.74 Å². The fourth-order valence-electron chi connectivity index (χ4n) is 2.50. The first-order valence-corrected chi connectivity index (χ1v) is 9.98. The zero-order valence-electron chi connectivity index (χ0n) is 13.8. The summed E-state index contributed by atoms with van der Waals surface area (Å²) in [6.07, 6.45) is 0. The first kappa shape index (κ1) is 19.8. The predicted octanol–water partition coefficient (Wildman–Crippen LogP) is 3.71. The number of rotatable bonds is 5. The summed E-state index contributed by atoms with van der Waals surface area (Å²) in [5.41, 5.74) is -0.490. The van der Waals surface area contributed by atoms with Crippen LogP contribution in [0.25, 0.3) is 0 Å². The van der Waals surface area contributed by atoms with Crippen LogP contribution in [-0.4, -0.2) is 43.9 Å². The van der Waals surface area contributed by atoms with Crippen LogP contribution >= 0.6 is 23.2 Å². The standard InChI is InChI=1S/C16H14Cl2N2O6S/c17-11-1-3-15(13(18)9-11)26-16-4-2-12(10-14(16)20(21)22)27(23,24)19-5-7-25-8-6-19/h1-4,9-10H,5-8H2. The van der Waals surface area contributed by atoms with Crippen LogP contribution in [0.15, 0.2) is 41.3 Å². The van der Waals surface area contributed by atoms with E-state index in [0.717, 1.165) is 6.07 Å². The second-order valence-corrected chi connectivity index (χ2v) is 8.36. The third kappa shape index (κ3) is 4.33. The third-order valence-electron chi connectivity index (χ3n) is 3.85. The second kappa shape index (κ2) is 7.99. The average molecular weight is 433 g/mol. The summed E-state index contributed by atoms with van der Waals surface area (Å²) in [5, 5.41) is 12.0. The Morgan fingerprint density at radius 3 is 2.37 bits per heavy atom. The summed E-state index contributed by atoms with van der Waals surface area (Å²) in [4.78, 5) is 10.5. The molecule has 0 spiro atoms. The molecular formula is C16H14Cl2N2O6S. The topological polar surface area (TPSA) is 99.0 Å². The zero-order chi connectivity index (χ0) is 19.6. The minimum atomic E-state index is -3.87. The van der Waals surface area contributed by atoms with Crippen molar-refractivity contribution in [2.24, 2.45) is 0 Å². The van der Waals surface area contributed by atoms with Gasteiger partial charge >= 0.3 is 5.69 Å². The average Bonchev–Trinajstić information content (AvgIpc) is 2.64. The lowest BCUT2D eigenvalue weighted by Gasteiger charge is -2.26. The van der Waals surface area contributed by atoms with Gasteiger partial charge in [0.1, 0.15) is 5.75 Å². The Morgan fingerprint density at radius 2 is 1.74 bits per heavy atom. The fourth-order valence-corrected chi connectivity index (χ4v) is 4.37. The molecule has 0 aliphatic carbocycles. The molecule has 0 amide bonds. The van der Waals surface area contributed by atoms with E-state index in [1.807, 2.05) is 0 Å². The van der Waals surface area contributed by atoms with E-state index >= 15 is 0 Å². The van der Waals surface area contributed by atoms with Crippen LogP contribution in [0.4, 0.5) is 5.69 Å². The Morgan fingerprint density at radius 1 is 1.07 bits per heavy atom. The van der Waals surface area contributed by atoms with E-state index in [9.17, 15) is 18.5 Å². The van der Waals surface area contributed by atoms with E-state index in [2.05, 4.69) is 0 Å². The van der Waals surface area contributed by atoms with E-state index in [4.69, 9.17) is 32.7 Å². The molecule has 11 heteroatoms. The molecule has 1 heterocycles. The van der Waals surface area contributed by atoms with Crippen LogP contribution in [0.2, 0.25) is 10.0 Å². The maximum absolute atomic E-state index is 12.7. The Hall–Kier alpha value is -1.91. The number of nitro benzene ring substituents is 1. The van der Waals surface area contributed by atoms with Crippen molar-refractivity contribution in [3.8, 4) is 11.5 Å². The molecule has 1 aliphatic rings. The summed E-state index contributed by atoms with van der Waals surface area (Å²) in [5.74, 6) is 0.0260. The van der Waals surface area contributed by atoms with E-state index in [1.165, 1.54) is 34.6 Å². The van der Waals surface area contributed by atoms with Gasteiger partial charge in [-0.25, -0.2) is 8.42 Å². The zero-order valence-corrected chi connectivity index (χ0v) is 16.1. The first-order valence-electron chi connectivity index (χ1n) is 7.78. The van der Waals surface area contributed by atoms with Gasteiger partial charge in [-0.2, -0.15) is 4.31 Å². The van der Waals surface area contributed by atoms with Gasteiger partial charge in [0, 0.05) is 24.2 Å². The van der Waals surface area contributed by atoms with E-state index in [1.54, 1.807) is 0 Å². The van der Waals surface area contributed by atoms with Crippen LogP contribution in [0.3, 0.4) is 0 Å². The highest BCUT2D eigenvalue weighted by atomic mass is 35.5. The smallest absolute Gasteiger partial charge is 0.312 e. The van der Waals surface area contributed by atoms with Crippen LogP contribution in [0.5, 0.6) is 11.5 Å². The Balaban J connectivity index is 1.96. The lowest BCUT2D eigenvalue weighted by atomic mass is 10.3. The van der Waals surface area contributed by atoms with Crippen molar-refractivity contribution in [2.45, 2.75) is 4.90 Å². The number of hydrogen-bond acceptors (Lipinski definition) is 6. The highest BCUT2D eigenvalue weighted by Gasteiger charge is 2.29. The molecule has 1 aliphatic heterocycles. The largest absolute Gasteiger partial charge is 0.449 e. The molecule has 0 N–H and O–H groups in total. The maximum atomic E-state index is 12.7. The molecule has 0 unspecified atom stereocenters. The second-order valence-electron chi connectivity index (χ2n) is 5.58. The number of ether oxygens (including phenoxy) is 2. The van der Waals surface area contributed by atoms with Gasteiger partial charge in [-0.05, 0) is 30.3 Å². The van der Waals surface area contributed by atoms with Crippen LogP contribution in [0, 0.1) is 10.1 Å². The minimum absolute atomic E-state index is 0.134. The van der Waals surface area contributed by atoms with Crippen molar-refractivity contribution in [1.29, 1.82) is 0 Å². The van der Waals surface area contributed by atoms with Gasteiger partial charge in [0.25, 0.3) is 0 Å². The molecular weight excluding hydrogens is 419 g/mol. The molecule has 0 atom stereocenters. The molecule has 2 aromatic rings. The van der Waals surface area contributed by atoms with Gasteiger partial charge in [0.05, 0.1) is 28.1 Å². The number of morpholine rings is 1. The van der Waals surface area contributed by atoms with E-state index in [0.29, 0.717) is 5.02 Å².